The van der Waals surface area contributed by atoms with Gasteiger partial charge in [0.1, 0.15) is 5.69 Å². The van der Waals surface area contributed by atoms with Crippen molar-refractivity contribution in [2.24, 2.45) is 5.73 Å². The van der Waals surface area contributed by atoms with Crippen molar-refractivity contribution < 1.29 is 14.7 Å². The molecule has 0 unspecified atom stereocenters. The minimum atomic E-state index is -0.516. The first-order valence-electron chi connectivity index (χ1n) is 7.00. The largest absolute Gasteiger partial charge is 0.392 e. The number of H-pyrrole nitrogens is 1. The molecule has 3 aromatic rings. The topological polar surface area (TPSA) is 108 Å². The predicted molar refractivity (Wildman–Crippen MR) is 87.1 cm³/mol. The second-order valence-corrected chi connectivity index (χ2v) is 5.16. The lowest BCUT2D eigenvalue weighted by Crippen LogP contribution is -2.13. The van der Waals surface area contributed by atoms with Gasteiger partial charge in [0.25, 0.3) is 5.91 Å². The summed E-state index contributed by atoms with van der Waals surface area (Å²) in [6, 6.07) is 13.5. The summed E-state index contributed by atoms with van der Waals surface area (Å²) in [6.45, 7) is -0.0468. The van der Waals surface area contributed by atoms with E-state index in [1.807, 2.05) is 12.1 Å². The van der Waals surface area contributed by atoms with Crippen LogP contribution in [0.25, 0.3) is 10.9 Å². The minimum absolute atomic E-state index is 0.0468. The maximum Gasteiger partial charge on any atom is 0.272 e. The molecule has 0 aliphatic carbocycles. The summed E-state index contributed by atoms with van der Waals surface area (Å²) in [5.41, 5.74) is 8.13. The molecule has 5 N–H and O–H groups in total. The van der Waals surface area contributed by atoms with E-state index in [0.29, 0.717) is 16.9 Å². The summed E-state index contributed by atoms with van der Waals surface area (Å²) >= 11 is 0. The van der Waals surface area contributed by atoms with Crippen LogP contribution < -0.4 is 11.1 Å². The maximum absolute atomic E-state index is 12.3. The number of aromatic nitrogens is 1. The normalized spacial score (nSPS) is 10.7. The van der Waals surface area contributed by atoms with Crippen LogP contribution in [0.3, 0.4) is 0 Å². The Morgan fingerprint density at radius 3 is 2.48 bits per heavy atom. The summed E-state index contributed by atoms with van der Waals surface area (Å²) in [7, 11) is 0. The lowest BCUT2D eigenvalue weighted by molar-refractivity contribution is 0.0998. The van der Waals surface area contributed by atoms with Gasteiger partial charge >= 0.3 is 0 Å². The lowest BCUT2D eigenvalue weighted by atomic mass is 10.1. The van der Waals surface area contributed by atoms with Gasteiger partial charge in [-0.1, -0.05) is 6.07 Å². The van der Waals surface area contributed by atoms with Gasteiger partial charge in [-0.3, -0.25) is 9.59 Å². The number of aromatic amines is 1. The number of hydrogen-bond donors (Lipinski definition) is 4. The van der Waals surface area contributed by atoms with Crippen LogP contribution in [-0.2, 0) is 6.61 Å². The molecule has 0 aliphatic heterocycles. The Labute approximate surface area is 131 Å². The van der Waals surface area contributed by atoms with Gasteiger partial charge in [0.05, 0.1) is 6.61 Å². The van der Waals surface area contributed by atoms with Gasteiger partial charge in [0.15, 0.2) is 0 Å². The summed E-state index contributed by atoms with van der Waals surface area (Å²) in [6.07, 6.45) is 0. The fourth-order valence-electron chi connectivity index (χ4n) is 2.32. The van der Waals surface area contributed by atoms with E-state index >= 15 is 0 Å². The third-order valence-corrected chi connectivity index (χ3v) is 3.54. The fourth-order valence-corrected chi connectivity index (χ4v) is 2.32. The van der Waals surface area contributed by atoms with Gasteiger partial charge in [-0.25, -0.2) is 0 Å². The number of benzene rings is 2. The molecule has 2 amide bonds. The highest BCUT2D eigenvalue weighted by Gasteiger charge is 2.10. The average Bonchev–Trinajstić information content (AvgIpc) is 2.98. The van der Waals surface area contributed by atoms with Crippen molar-refractivity contribution in [2.45, 2.75) is 6.61 Å². The standard InChI is InChI=1S/C17H15N3O3/c18-16(22)11-2-4-13(5-3-11)19-17(23)15-8-12-7-10(9-21)1-6-14(12)20-15/h1-8,20-21H,9H2,(H2,18,22)(H,19,23). The number of aliphatic hydroxyl groups is 1. The van der Waals surface area contributed by atoms with Crippen molar-refractivity contribution in [1.29, 1.82) is 0 Å². The SMILES string of the molecule is NC(=O)c1ccc(NC(=O)c2cc3cc(CO)ccc3[nH]2)cc1. The summed E-state index contributed by atoms with van der Waals surface area (Å²) in [5, 5.41) is 12.7. The van der Waals surface area contributed by atoms with Crippen molar-refractivity contribution in [3.8, 4) is 0 Å². The van der Waals surface area contributed by atoms with Gasteiger partial charge in [0, 0.05) is 22.2 Å². The number of amides is 2. The van der Waals surface area contributed by atoms with Crippen LogP contribution in [0, 0.1) is 0 Å². The first-order valence-corrected chi connectivity index (χ1v) is 7.00. The minimum Gasteiger partial charge on any atom is -0.392 e. The van der Waals surface area contributed by atoms with E-state index in [9.17, 15) is 9.59 Å². The van der Waals surface area contributed by atoms with Gasteiger partial charge < -0.3 is 21.1 Å². The third-order valence-electron chi connectivity index (χ3n) is 3.54. The zero-order valence-corrected chi connectivity index (χ0v) is 12.2. The van der Waals surface area contributed by atoms with Crippen molar-refractivity contribution in [3.63, 3.8) is 0 Å². The van der Waals surface area contributed by atoms with E-state index in [1.165, 1.54) is 0 Å². The van der Waals surface area contributed by atoms with E-state index in [-0.39, 0.29) is 12.5 Å². The molecule has 23 heavy (non-hydrogen) atoms. The first-order chi connectivity index (χ1) is 11.1. The second kappa shape index (κ2) is 5.94. The van der Waals surface area contributed by atoms with Crippen LogP contribution >= 0.6 is 0 Å². The molecule has 0 atom stereocenters. The molecular formula is C17H15N3O3. The van der Waals surface area contributed by atoms with Crippen molar-refractivity contribution in [3.05, 3.63) is 65.4 Å². The number of fused-ring (bicyclic) bond motifs is 1. The van der Waals surface area contributed by atoms with Gasteiger partial charge in [-0.2, -0.15) is 0 Å². The van der Waals surface area contributed by atoms with Gasteiger partial charge in [0.2, 0.25) is 5.91 Å². The Morgan fingerprint density at radius 1 is 1.09 bits per heavy atom. The van der Waals surface area contributed by atoms with Crippen LogP contribution in [0.15, 0.2) is 48.5 Å². The Bertz CT molecular complexity index is 882. The summed E-state index contributed by atoms with van der Waals surface area (Å²) < 4.78 is 0. The molecule has 0 radical (unpaired) electrons. The van der Waals surface area contributed by atoms with Crippen LogP contribution in [0.5, 0.6) is 0 Å². The Morgan fingerprint density at radius 2 is 1.83 bits per heavy atom. The third kappa shape index (κ3) is 3.07. The van der Waals surface area contributed by atoms with Crippen LogP contribution in [0.4, 0.5) is 5.69 Å². The van der Waals surface area contributed by atoms with Crippen LogP contribution in [-0.4, -0.2) is 21.9 Å². The first kappa shape index (κ1) is 14.8. The number of nitrogens with two attached hydrogens (primary N) is 1. The number of primary amides is 1. The average molecular weight is 309 g/mol. The van der Waals surface area contributed by atoms with Crippen molar-refractivity contribution >= 4 is 28.4 Å². The number of carbonyl (C=O) groups excluding carboxylic acids is 2. The molecule has 1 heterocycles. The summed E-state index contributed by atoms with van der Waals surface area (Å²) in [4.78, 5) is 26.3. The molecule has 0 saturated carbocycles. The van der Waals surface area contributed by atoms with Gasteiger partial charge in [-0.05, 0) is 48.0 Å². The zero-order chi connectivity index (χ0) is 16.4. The Kier molecular flexibility index (Phi) is 3.82. The van der Waals surface area contributed by atoms with E-state index in [4.69, 9.17) is 10.8 Å². The Balaban J connectivity index is 1.81. The zero-order valence-electron chi connectivity index (χ0n) is 12.2. The molecule has 116 valence electrons. The van der Waals surface area contributed by atoms with E-state index in [1.54, 1.807) is 36.4 Å². The smallest absolute Gasteiger partial charge is 0.272 e. The predicted octanol–water partition coefficient (Wildman–Crippen LogP) is 2.01. The molecule has 0 aliphatic rings. The Hall–Kier alpha value is -3.12. The molecule has 0 fully saturated rings. The van der Waals surface area contributed by atoms with Crippen molar-refractivity contribution in [2.75, 3.05) is 5.32 Å². The number of anilines is 1. The monoisotopic (exact) mass is 309 g/mol. The van der Waals surface area contributed by atoms with E-state index in [0.717, 1.165) is 16.5 Å². The maximum atomic E-state index is 12.3. The highest BCUT2D eigenvalue weighted by Crippen LogP contribution is 2.18. The molecule has 0 bridgehead atoms. The highest BCUT2D eigenvalue weighted by molar-refractivity contribution is 6.06. The molecular weight excluding hydrogens is 294 g/mol. The number of hydrogen-bond acceptors (Lipinski definition) is 3. The lowest BCUT2D eigenvalue weighted by Gasteiger charge is -2.04. The van der Waals surface area contributed by atoms with Gasteiger partial charge in [-0.15, -0.1) is 0 Å². The molecule has 2 aromatic carbocycles. The number of nitrogens with one attached hydrogen (secondary N) is 2. The van der Waals surface area contributed by atoms with Crippen LogP contribution in [0.2, 0.25) is 0 Å². The molecule has 6 heteroatoms. The fraction of sp³-hybridized carbons (Fsp3) is 0.0588. The highest BCUT2D eigenvalue weighted by atomic mass is 16.3. The molecule has 0 spiro atoms. The second-order valence-electron chi connectivity index (χ2n) is 5.16. The molecule has 6 nitrogen and oxygen atoms in total. The summed E-state index contributed by atoms with van der Waals surface area (Å²) in [5.74, 6) is -0.809. The molecule has 3 rings (SSSR count). The number of aliphatic hydroxyl groups excluding tert-OH is 1. The molecule has 1 aromatic heterocycles. The van der Waals surface area contributed by atoms with E-state index in [2.05, 4.69) is 10.3 Å². The number of carbonyl (C=O) groups is 2. The number of rotatable bonds is 4. The van der Waals surface area contributed by atoms with Crippen molar-refractivity contribution in [1.82, 2.24) is 4.98 Å². The quantitative estimate of drug-likeness (QED) is 0.592. The molecule has 0 saturated heterocycles. The van der Waals surface area contributed by atoms with Crippen LogP contribution in [0.1, 0.15) is 26.4 Å². The van der Waals surface area contributed by atoms with E-state index < -0.39 is 5.91 Å².